The molecule has 1 saturated heterocycles. The van der Waals surface area contributed by atoms with E-state index in [2.05, 4.69) is 31.6 Å². The van der Waals surface area contributed by atoms with Crippen LogP contribution in [0.4, 0.5) is 15.9 Å². The Kier molecular flexibility index (Phi) is 7.97. The molecule has 12 heteroatoms. The lowest BCUT2D eigenvalue weighted by atomic mass is 10.1. The molecule has 3 aromatic rings. The summed E-state index contributed by atoms with van der Waals surface area (Å²) in [6.07, 6.45) is -0.482. The van der Waals surface area contributed by atoms with E-state index in [0.717, 1.165) is 48.6 Å². The van der Waals surface area contributed by atoms with Crippen molar-refractivity contribution >= 4 is 56.7 Å². The first-order valence-corrected chi connectivity index (χ1v) is 14.0. The lowest BCUT2D eigenvalue weighted by Crippen LogP contribution is -2.52. The van der Waals surface area contributed by atoms with E-state index in [4.69, 9.17) is 5.11 Å². The number of carboxylic acids is 1. The number of anilines is 2. The van der Waals surface area contributed by atoms with Gasteiger partial charge in [-0.15, -0.1) is 0 Å². The van der Waals surface area contributed by atoms with Gasteiger partial charge in [-0.3, -0.25) is 19.2 Å². The molecule has 1 fully saturated rings. The monoisotopic (exact) mass is 567 g/mol. The maximum Gasteiger partial charge on any atom is 0.305 e. The van der Waals surface area contributed by atoms with Gasteiger partial charge in [0.1, 0.15) is 24.6 Å². The predicted molar refractivity (Wildman–Crippen MR) is 150 cm³/mol. The number of carbonyl (C=O) groups excluding carboxylic acids is 3. The number of carbonyl (C=O) groups is 4. The number of Topliss-reactive ketones (excluding diaryl/α,β-unsaturated/α-hetero) is 1. The van der Waals surface area contributed by atoms with Gasteiger partial charge in [-0.2, -0.15) is 4.37 Å². The number of carboxylic acid groups (broad SMARTS) is 1. The van der Waals surface area contributed by atoms with Gasteiger partial charge in [-0.25, -0.2) is 4.39 Å². The summed E-state index contributed by atoms with van der Waals surface area (Å²) < 4.78 is 18.8. The zero-order valence-corrected chi connectivity index (χ0v) is 22.8. The summed E-state index contributed by atoms with van der Waals surface area (Å²) >= 11 is 1.50. The standard InChI is InChI=1S/C28H30FN5O5S/c1-2-22(27(38)30-21(14-25(36)37)23(35)15-29)34-16-17-13-18(7-8-19(17)28(34)39)32-9-11-33(12-10-32)26-20-5-3-4-6-24(20)40-31-26/h3-8,13,21-22H,2,9-12,14-16H2,1H3,(H,30,38)(H,36,37). The highest BCUT2D eigenvalue weighted by atomic mass is 32.1. The summed E-state index contributed by atoms with van der Waals surface area (Å²) in [5.41, 5.74) is 2.29. The number of aromatic nitrogens is 1. The van der Waals surface area contributed by atoms with E-state index in [9.17, 15) is 23.6 Å². The minimum Gasteiger partial charge on any atom is -0.481 e. The molecule has 2 aliphatic rings. The largest absolute Gasteiger partial charge is 0.481 e. The van der Waals surface area contributed by atoms with Crippen molar-refractivity contribution in [3.63, 3.8) is 0 Å². The van der Waals surface area contributed by atoms with Crippen LogP contribution in [0.3, 0.4) is 0 Å². The van der Waals surface area contributed by atoms with E-state index in [-0.39, 0.29) is 18.9 Å². The molecule has 0 radical (unpaired) electrons. The number of alkyl halides is 1. The van der Waals surface area contributed by atoms with Crippen LogP contribution in [-0.4, -0.2) is 82.9 Å². The zero-order valence-electron chi connectivity index (χ0n) is 22.0. The van der Waals surface area contributed by atoms with Crippen molar-refractivity contribution < 1.29 is 28.7 Å². The first kappa shape index (κ1) is 27.5. The minimum atomic E-state index is -1.49. The molecule has 10 nitrogen and oxygen atoms in total. The molecule has 0 bridgehead atoms. The Morgan fingerprint density at radius 3 is 2.52 bits per heavy atom. The van der Waals surface area contributed by atoms with Crippen LogP contribution in [-0.2, 0) is 20.9 Å². The number of nitrogens with zero attached hydrogens (tertiary/aromatic N) is 4. The maximum absolute atomic E-state index is 13.2. The van der Waals surface area contributed by atoms with Crippen LogP contribution < -0.4 is 15.1 Å². The van der Waals surface area contributed by atoms with Crippen LogP contribution in [0.1, 0.15) is 35.7 Å². The molecule has 0 aliphatic carbocycles. The number of fused-ring (bicyclic) bond motifs is 2. The lowest BCUT2D eigenvalue weighted by Gasteiger charge is -2.36. The molecule has 0 spiro atoms. The molecule has 2 N–H and O–H groups in total. The number of hydrogen-bond donors (Lipinski definition) is 2. The van der Waals surface area contributed by atoms with Crippen LogP contribution in [0.2, 0.25) is 0 Å². The number of nitrogens with one attached hydrogen (secondary N) is 1. The summed E-state index contributed by atoms with van der Waals surface area (Å²) in [6.45, 7) is 3.73. The number of ketones is 1. The van der Waals surface area contributed by atoms with Crippen molar-refractivity contribution in [3.8, 4) is 0 Å². The third-order valence-electron chi connectivity index (χ3n) is 7.50. The van der Waals surface area contributed by atoms with Gasteiger partial charge < -0.3 is 25.1 Å². The van der Waals surface area contributed by atoms with Gasteiger partial charge in [0.2, 0.25) is 5.91 Å². The van der Waals surface area contributed by atoms with Crippen LogP contribution >= 0.6 is 11.5 Å². The number of hydrogen-bond acceptors (Lipinski definition) is 8. The summed E-state index contributed by atoms with van der Waals surface area (Å²) in [4.78, 5) is 55.2. The third kappa shape index (κ3) is 5.35. The van der Waals surface area contributed by atoms with Crippen LogP contribution in [0.25, 0.3) is 10.1 Å². The second kappa shape index (κ2) is 11.6. The molecule has 0 saturated carbocycles. The smallest absolute Gasteiger partial charge is 0.305 e. The van der Waals surface area contributed by atoms with Crippen molar-refractivity contribution in [1.82, 2.24) is 14.6 Å². The Bertz CT molecular complexity index is 1450. The fraction of sp³-hybridized carbons (Fsp3) is 0.393. The molecular formula is C28H30FN5O5S. The Morgan fingerprint density at radius 2 is 1.82 bits per heavy atom. The topological polar surface area (TPSA) is 123 Å². The highest BCUT2D eigenvalue weighted by molar-refractivity contribution is 7.13. The minimum absolute atomic E-state index is 0.208. The molecule has 2 atom stereocenters. The highest BCUT2D eigenvalue weighted by Crippen LogP contribution is 2.32. The summed E-state index contributed by atoms with van der Waals surface area (Å²) in [6, 6.07) is 11.5. The fourth-order valence-corrected chi connectivity index (χ4v) is 6.18. The molecular weight excluding hydrogens is 537 g/mol. The summed E-state index contributed by atoms with van der Waals surface area (Å²) in [5, 5.41) is 12.6. The SMILES string of the molecule is CCC(C(=O)NC(CC(=O)O)C(=O)CF)N1Cc2cc(N3CCN(c4nsc5ccccc45)CC3)ccc2C1=O. The third-order valence-corrected chi connectivity index (χ3v) is 8.32. The fourth-order valence-electron chi connectivity index (χ4n) is 5.38. The van der Waals surface area contributed by atoms with Gasteiger partial charge >= 0.3 is 5.97 Å². The van der Waals surface area contributed by atoms with Crippen molar-refractivity contribution in [1.29, 1.82) is 0 Å². The molecule has 3 heterocycles. The number of aliphatic carboxylic acids is 1. The van der Waals surface area contributed by atoms with Crippen molar-refractivity contribution in [2.75, 3.05) is 42.7 Å². The predicted octanol–water partition coefficient (Wildman–Crippen LogP) is 2.86. The van der Waals surface area contributed by atoms with Crippen molar-refractivity contribution in [2.45, 2.75) is 38.4 Å². The van der Waals surface area contributed by atoms with E-state index >= 15 is 0 Å². The molecule has 2 unspecified atom stereocenters. The Labute approximate surface area is 234 Å². The van der Waals surface area contributed by atoms with E-state index in [1.54, 1.807) is 13.0 Å². The average molecular weight is 568 g/mol. The highest BCUT2D eigenvalue weighted by Gasteiger charge is 2.37. The normalized spacial score (nSPS) is 16.6. The average Bonchev–Trinajstić information content (AvgIpc) is 3.53. The zero-order chi connectivity index (χ0) is 28.4. The number of piperazine rings is 1. The Hall–Kier alpha value is -4.06. The van der Waals surface area contributed by atoms with Crippen molar-refractivity contribution in [2.24, 2.45) is 0 Å². The maximum atomic E-state index is 13.2. The van der Waals surface area contributed by atoms with E-state index < -0.39 is 42.8 Å². The molecule has 2 aromatic carbocycles. The summed E-state index contributed by atoms with van der Waals surface area (Å²) in [7, 11) is 0. The van der Waals surface area contributed by atoms with E-state index in [1.165, 1.54) is 21.1 Å². The lowest BCUT2D eigenvalue weighted by molar-refractivity contribution is -0.140. The molecule has 2 aliphatic heterocycles. The number of halogens is 1. The second-order valence-corrected chi connectivity index (χ2v) is 10.7. The first-order valence-electron chi connectivity index (χ1n) is 13.2. The van der Waals surface area contributed by atoms with Gasteiger partial charge in [0.15, 0.2) is 5.78 Å². The van der Waals surface area contributed by atoms with Crippen molar-refractivity contribution in [3.05, 3.63) is 53.6 Å². The van der Waals surface area contributed by atoms with Gasteiger partial charge in [-0.05, 0) is 53.8 Å². The molecule has 40 heavy (non-hydrogen) atoms. The Morgan fingerprint density at radius 1 is 1.10 bits per heavy atom. The number of rotatable bonds is 10. The molecule has 210 valence electrons. The van der Waals surface area contributed by atoms with Gasteiger partial charge in [0.05, 0.1) is 11.1 Å². The second-order valence-electron chi connectivity index (χ2n) is 9.93. The summed E-state index contributed by atoms with van der Waals surface area (Å²) in [5.74, 6) is -2.33. The first-order chi connectivity index (χ1) is 19.3. The number of benzene rings is 2. The van der Waals surface area contributed by atoms with E-state index in [0.29, 0.717) is 5.56 Å². The molecule has 1 aromatic heterocycles. The van der Waals surface area contributed by atoms with Gasteiger partial charge in [0, 0.05) is 49.4 Å². The van der Waals surface area contributed by atoms with Gasteiger partial charge in [0.25, 0.3) is 5.91 Å². The van der Waals surface area contributed by atoms with Crippen LogP contribution in [0.5, 0.6) is 0 Å². The van der Waals surface area contributed by atoms with E-state index in [1.807, 2.05) is 24.3 Å². The quantitative estimate of drug-likeness (QED) is 0.384. The Balaban J connectivity index is 1.25. The molecule has 5 rings (SSSR count). The number of amides is 2. The molecule has 2 amide bonds. The van der Waals surface area contributed by atoms with Crippen LogP contribution in [0.15, 0.2) is 42.5 Å². The van der Waals surface area contributed by atoms with Crippen LogP contribution in [0, 0.1) is 0 Å². The van der Waals surface area contributed by atoms with Gasteiger partial charge in [-0.1, -0.05) is 19.1 Å².